The number of benzene rings is 2. The van der Waals surface area contributed by atoms with E-state index in [2.05, 4.69) is 16.8 Å². The molecule has 0 spiro atoms. The van der Waals surface area contributed by atoms with Crippen molar-refractivity contribution >= 4 is 23.1 Å². The monoisotopic (exact) mass is 417 g/mol. The summed E-state index contributed by atoms with van der Waals surface area (Å²) in [5, 5.41) is 0. The van der Waals surface area contributed by atoms with Crippen LogP contribution in [0.3, 0.4) is 0 Å². The Labute approximate surface area is 184 Å². The van der Waals surface area contributed by atoms with Crippen LogP contribution in [0.5, 0.6) is 0 Å². The maximum absolute atomic E-state index is 13.7. The molecule has 4 rings (SSSR count). The Balaban J connectivity index is 1.80. The number of carbonyl (C=O) groups excluding carboxylic acids is 2. The molecule has 0 N–H and O–H groups in total. The Bertz CT molecular complexity index is 1050. The van der Waals surface area contributed by atoms with E-state index in [1.54, 1.807) is 0 Å². The number of piperidine rings is 1. The Morgan fingerprint density at radius 3 is 2.10 bits per heavy atom. The summed E-state index contributed by atoms with van der Waals surface area (Å²) in [6.07, 6.45) is 1.95. The Kier molecular flexibility index (Phi) is 5.71. The van der Waals surface area contributed by atoms with Crippen LogP contribution < -0.4 is 4.90 Å². The van der Waals surface area contributed by atoms with Crippen LogP contribution in [0.4, 0.5) is 5.69 Å². The highest BCUT2D eigenvalue weighted by Crippen LogP contribution is 2.37. The molecule has 2 aliphatic rings. The summed E-state index contributed by atoms with van der Waals surface area (Å²) in [7, 11) is 4.09. The lowest BCUT2D eigenvalue weighted by atomic mass is 9.99. The Morgan fingerprint density at radius 1 is 0.871 bits per heavy atom. The third-order valence-corrected chi connectivity index (χ3v) is 6.58. The molecule has 0 aromatic heterocycles. The quantitative estimate of drug-likeness (QED) is 0.708. The van der Waals surface area contributed by atoms with E-state index in [-0.39, 0.29) is 17.9 Å². The first-order chi connectivity index (χ1) is 14.8. The fourth-order valence-electron chi connectivity index (χ4n) is 4.67. The average Bonchev–Trinajstić information content (AvgIpc) is 2.99. The summed E-state index contributed by atoms with van der Waals surface area (Å²) in [5.74, 6) is -0.468. The summed E-state index contributed by atoms with van der Waals surface area (Å²) in [5.41, 5.74) is 5.64. The van der Waals surface area contributed by atoms with Gasteiger partial charge in [0.15, 0.2) is 0 Å². The predicted octanol–water partition coefficient (Wildman–Crippen LogP) is 3.92. The lowest BCUT2D eigenvalue weighted by molar-refractivity contribution is -0.120. The molecule has 0 radical (unpaired) electrons. The van der Waals surface area contributed by atoms with Gasteiger partial charge >= 0.3 is 0 Å². The summed E-state index contributed by atoms with van der Waals surface area (Å²) in [6, 6.07) is 14.0. The lowest BCUT2D eigenvalue weighted by Crippen LogP contribution is -2.43. The highest BCUT2D eigenvalue weighted by Gasteiger charge is 2.43. The van der Waals surface area contributed by atoms with Gasteiger partial charge in [-0.25, -0.2) is 4.90 Å². The molecule has 0 aliphatic carbocycles. The maximum Gasteiger partial charge on any atom is 0.282 e. The van der Waals surface area contributed by atoms with Gasteiger partial charge in [-0.05, 0) is 70.9 Å². The highest BCUT2D eigenvalue weighted by molar-refractivity contribution is 6.45. The minimum Gasteiger partial charge on any atom is -0.366 e. The second-order valence-electron chi connectivity index (χ2n) is 8.97. The van der Waals surface area contributed by atoms with E-state index in [9.17, 15) is 9.59 Å². The van der Waals surface area contributed by atoms with Crippen molar-refractivity contribution in [1.29, 1.82) is 0 Å². The van der Waals surface area contributed by atoms with Gasteiger partial charge in [-0.2, -0.15) is 0 Å². The molecule has 1 fully saturated rings. The van der Waals surface area contributed by atoms with Gasteiger partial charge in [0.1, 0.15) is 5.70 Å². The normalized spacial score (nSPS) is 18.3. The van der Waals surface area contributed by atoms with E-state index >= 15 is 0 Å². The molecular formula is C26H31N3O2. The third kappa shape index (κ3) is 3.90. The van der Waals surface area contributed by atoms with Crippen molar-refractivity contribution in [3.8, 4) is 0 Å². The molecular weight excluding hydrogens is 386 g/mol. The molecule has 2 amide bonds. The number of aryl methyl sites for hydroxylation is 3. The number of carbonyl (C=O) groups is 2. The lowest BCUT2D eigenvalue weighted by Gasteiger charge is -2.36. The molecule has 0 bridgehead atoms. The van der Waals surface area contributed by atoms with E-state index in [4.69, 9.17) is 0 Å². The zero-order valence-corrected chi connectivity index (χ0v) is 19.1. The van der Waals surface area contributed by atoms with Crippen LogP contribution in [0.25, 0.3) is 5.57 Å². The number of likely N-dealkylation sites (tertiary alicyclic amines) is 1. The van der Waals surface area contributed by atoms with Gasteiger partial charge in [0, 0.05) is 13.1 Å². The van der Waals surface area contributed by atoms with Gasteiger partial charge in [-0.1, -0.05) is 47.5 Å². The zero-order chi connectivity index (χ0) is 22.3. The molecule has 2 aromatic carbocycles. The second kappa shape index (κ2) is 8.31. The van der Waals surface area contributed by atoms with Crippen molar-refractivity contribution in [2.24, 2.45) is 0 Å². The van der Waals surface area contributed by atoms with E-state index < -0.39 is 0 Å². The van der Waals surface area contributed by atoms with E-state index in [0.717, 1.165) is 48.2 Å². The standard InChI is InChI=1S/C26H31N3O2/c1-17-6-9-20(10-7-17)23-24(28(5)21-12-14-27(4)15-13-21)26(31)29(25(23)30)22-11-8-18(2)16-19(22)3/h6-11,16,21H,12-15H2,1-5H3. The maximum atomic E-state index is 13.7. The van der Waals surface area contributed by atoms with Crippen molar-refractivity contribution < 1.29 is 9.59 Å². The number of anilines is 1. The van der Waals surface area contributed by atoms with Crippen LogP contribution >= 0.6 is 0 Å². The van der Waals surface area contributed by atoms with Crippen molar-refractivity contribution in [3.63, 3.8) is 0 Å². The number of imide groups is 1. The average molecular weight is 418 g/mol. The van der Waals surface area contributed by atoms with Crippen LogP contribution in [-0.2, 0) is 9.59 Å². The smallest absolute Gasteiger partial charge is 0.282 e. The number of hydrogen-bond acceptors (Lipinski definition) is 4. The van der Waals surface area contributed by atoms with Gasteiger partial charge in [-0.15, -0.1) is 0 Å². The van der Waals surface area contributed by atoms with Crippen LogP contribution in [0, 0.1) is 20.8 Å². The first-order valence-corrected chi connectivity index (χ1v) is 11.0. The molecule has 2 aromatic rings. The van der Waals surface area contributed by atoms with Crippen molar-refractivity contribution in [3.05, 3.63) is 70.4 Å². The molecule has 0 saturated carbocycles. The molecule has 2 aliphatic heterocycles. The largest absolute Gasteiger partial charge is 0.366 e. The number of likely N-dealkylation sites (N-methyl/N-ethyl adjacent to an activating group) is 1. The SMILES string of the molecule is Cc1ccc(C2=C(N(C)C3CCN(C)CC3)C(=O)N(c3ccc(C)cc3C)C2=O)cc1. The number of rotatable bonds is 4. The summed E-state index contributed by atoms with van der Waals surface area (Å²) < 4.78 is 0. The number of nitrogens with zero attached hydrogens (tertiary/aromatic N) is 3. The fraction of sp³-hybridized carbons (Fsp3) is 0.385. The minimum absolute atomic E-state index is 0.228. The van der Waals surface area contributed by atoms with Crippen LogP contribution in [0.1, 0.15) is 35.1 Å². The Hall–Kier alpha value is -2.92. The first-order valence-electron chi connectivity index (χ1n) is 11.0. The summed E-state index contributed by atoms with van der Waals surface area (Å²) in [4.78, 5) is 33.2. The first kappa shape index (κ1) is 21.3. The molecule has 5 heteroatoms. The summed E-state index contributed by atoms with van der Waals surface area (Å²) in [6.45, 7) is 7.97. The van der Waals surface area contributed by atoms with Crippen LogP contribution in [-0.4, -0.2) is 54.8 Å². The van der Waals surface area contributed by atoms with Crippen LogP contribution in [0.2, 0.25) is 0 Å². The molecule has 5 nitrogen and oxygen atoms in total. The van der Waals surface area contributed by atoms with Crippen LogP contribution in [0.15, 0.2) is 48.2 Å². The number of hydrogen-bond donors (Lipinski definition) is 0. The zero-order valence-electron chi connectivity index (χ0n) is 19.1. The van der Waals surface area contributed by atoms with E-state index in [1.807, 2.05) is 70.3 Å². The fourth-order valence-corrected chi connectivity index (χ4v) is 4.67. The summed E-state index contributed by atoms with van der Waals surface area (Å²) >= 11 is 0. The van der Waals surface area contributed by atoms with E-state index in [0.29, 0.717) is 17.0 Å². The van der Waals surface area contributed by atoms with Gasteiger partial charge in [-0.3, -0.25) is 9.59 Å². The highest BCUT2D eigenvalue weighted by atomic mass is 16.2. The van der Waals surface area contributed by atoms with Gasteiger partial charge in [0.25, 0.3) is 11.8 Å². The molecule has 31 heavy (non-hydrogen) atoms. The molecule has 162 valence electrons. The van der Waals surface area contributed by atoms with Gasteiger partial charge in [0.2, 0.25) is 0 Å². The Morgan fingerprint density at radius 2 is 1.48 bits per heavy atom. The molecule has 0 unspecified atom stereocenters. The second-order valence-corrected chi connectivity index (χ2v) is 8.97. The third-order valence-electron chi connectivity index (χ3n) is 6.58. The minimum atomic E-state index is -0.240. The molecule has 2 heterocycles. The van der Waals surface area contributed by atoms with Gasteiger partial charge < -0.3 is 9.80 Å². The van der Waals surface area contributed by atoms with Crippen molar-refractivity contribution in [1.82, 2.24) is 9.80 Å². The topological polar surface area (TPSA) is 43.9 Å². The van der Waals surface area contributed by atoms with Crippen molar-refractivity contribution in [2.45, 2.75) is 39.7 Å². The van der Waals surface area contributed by atoms with Crippen molar-refractivity contribution in [2.75, 3.05) is 32.1 Å². The van der Waals surface area contributed by atoms with E-state index in [1.165, 1.54) is 4.90 Å². The molecule has 0 atom stereocenters. The predicted molar refractivity (Wildman–Crippen MR) is 125 cm³/mol. The van der Waals surface area contributed by atoms with Gasteiger partial charge in [0.05, 0.1) is 11.3 Å². The number of amides is 2. The molecule has 1 saturated heterocycles.